The van der Waals surface area contributed by atoms with Crippen molar-refractivity contribution in [3.8, 4) is 0 Å². The van der Waals surface area contributed by atoms with Crippen LogP contribution < -0.4 is 4.90 Å². The number of aliphatic hydroxyl groups is 1. The van der Waals surface area contributed by atoms with Gasteiger partial charge in [-0.25, -0.2) is 4.39 Å². The van der Waals surface area contributed by atoms with Crippen LogP contribution in [0.2, 0.25) is 0 Å². The van der Waals surface area contributed by atoms with Gasteiger partial charge in [-0.05, 0) is 48.9 Å². The molecule has 3 rings (SSSR count). The number of carbonyl (C=O) groups is 1. The van der Waals surface area contributed by atoms with Gasteiger partial charge >= 0.3 is 0 Å². The van der Waals surface area contributed by atoms with E-state index in [1.54, 1.807) is 35.2 Å². The second kappa shape index (κ2) is 5.58. The summed E-state index contributed by atoms with van der Waals surface area (Å²) in [5.41, 5.74) is 1.60. The van der Waals surface area contributed by atoms with Crippen molar-refractivity contribution in [2.24, 2.45) is 0 Å². The Morgan fingerprint density at radius 3 is 2.67 bits per heavy atom. The molecule has 0 saturated carbocycles. The third kappa shape index (κ3) is 2.71. The Morgan fingerprint density at radius 2 is 1.95 bits per heavy atom. The number of anilines is 1. The summed E-state index contributed by atoms with van der Waals surface area (Å²) in [7, 11) is 0. The monoisotopic (exact) mass is 349 g/mol. The van der Waals surface area contributed by atoms with E-state index >= 15 is 0 Å². The van der Waals surface area contributed by atoms with Gasteiger partial charge in [0.15, 0.2) is 0 Å². The molecule has 1 N–H and O–H groups in total. The van der Waals surface area contributed by atoms with Crippen molar-refractivity contribution in [2.45, 2.75) is 12.5 Å². The quantitative estimate of drug-likeness (QED) is 0.853. The molecule has 1 amide bonds. The summed E-state index contributed by atoms with van der Waals surface area (Å²) in [4.78, 5) is 14.2. The van der Waals surface area contributed by atoms with Crippen molar-refractivity contribution in [3.05, 3.63) is 63.9 Å². The molecule has 0 aromatic heterocycles. The van der Waals surface area contributed by atoms with E-state index in [4.69, 9.17) is 0 Å². The average Bonchev–Trinajstić information content (AvgIpc) is 2.48. The molecule has 1 heterocycles. The van der Waals surface area contributed by atoms with Gasteiger partial charge in [-0.3, -0.25) is 4.79 Å². The molecule has 21 heavy (non-hydrogen) atoms. The summed E-state index contributed by atoms with van der Waals surface area (Å²) >= 11 is 3.33. The molecule has 1 atom stereocenters. The van der Waals surface area contributed by atoms with Gasteiger partial charge in [0, 0.05) is 27.8 Å². The van der Waals surface area contributed by atoms with Gasteiger partial charge in [0.05, 0.1) is 6.10 Å². The number of fused-ring (bicyclic) bond motifs is 1. The first kappa shape index (κ1) is 14.2. The van der Waals surface area contributed by atoms with Crippen LogP contribution in [-0.4, -0.2) is 17.6 Å². The topological polar surface area (TPSA) is 40.5 Å². The Labute approximate surface area is 130 Å². The Morgan fingerprint density at radius 1 is 1.24 bits per heavy atom. The standard InChI is InChI=1S/C16H13BrFNO2/c17-11-3-1-10(2-4-11)16(21)19-8-7-15(20)13-9-12(18)5-6-14(13)19/h1-6,9,15,20H,7-8H2. The van der Waals surface area contributed by atoms with Gasteiger partial charge in [-0.15, -0.1) is 0 Å². The van der Waals surface area contributed by atoms with Crippen LogP contribution in [0.1, 0.15) is 28.4 Å². The van der Waals surface area contributed by atoms with Gasteiger partial charge in [0.2, 0.25) is 0 Å². The summed E-state index contributed by atoms with van der Waals surface area (Å²) in [5, 5.41) is 9.98. The van der Waals surface area contributed by atoms with Crippen LogP contribution in [0.15, 0.2) is 46.9 Å². The lowest BCUT2D eigenvalue weighted by Gasteiger charge is -2.32. The molecule has 1 unspecified atom stereocenters. The van der Waals surface area contributed by atoms with Crippen LogP contribution in [0.5, 0.6) is 0 Å². The highest BCUT2D eigenvalue weighted by Crippen LogP contribution is 2.35. The fourth-order valence-electron chi connectivity index (χ4n) is 2.52. The predicted molar refractivity (Wildman–Crippen MR) is 81.8 cm³/mol. The molecule has 2 aromatic carbocycles. The molecular formula is C16H13BrFNO2. The number of hydrogen-bond donors (Lipinski definition) is 1. The number of amides is 1. The Bertz CT molecular complexity index is 687. The third-order valence-electron chi connectivity index (χ3n) is 3.60. The maximum atomic E-state index is 13.3. The highest BCUT2D eigenvalue weighted by atomic mass is 79.9. The fourth-order valence-corrected chi connectivity index (χ4v) is 2.79. The normalized spacial score (nSPS) is 17.5. The summed E-state index contributed by atoms with van der Waals surface area (Å²) < 4.78 is 14.2. The zero-order valence-electron chi connectivity index (χ0n) is 11.1. The SMILES string of the molecule is O=C(c1ccc(Br)cc1)N1CCC(O)c2cc(F)ccc21. The van der Waals surface area contributed by atoms with Crippen molar-refractivity contribution >= 4 is 27.5 Å². The highest BCUT2D eigenvalue weighted by Gasteiger charge is 2.28. The zero-order chi connectivity index (χ0) is 15.0. The van der Waals surface area contributed by atoms with Crippen LogP contribution in [-0.2, 0) is 0 Å². The Kier molecular flexibility index (Phi) is 3.78. The number of halogens is 2. The zero-order valence-corrected chi connectivity index (χ0v) is 12.7. The largest absolute Gasteiger partial charge is 0.388 e. The first-order chi connectivity index (χ1) is 10.1. The van der Waals surface area contributed by atoms with E-state index < -0.39 is 11.9 Å². The summed E-state index contributed by atoms with van der Waals surface area (Å²) in [6.45, 7) is 0.411. The minimum Gasteiger partial charge on any atom is -0.388 e. The van der Waals surface area contributed by atoms with Crippen LogP contribution >= 0.6 is 15.9 Å². The van der Waals surface area contributed by atoms with E-state index in [-0.39, 0.29) is 5.91 Å². The molecule has 3 nitrogen and oxygen atoms in total. The number of carbonyl (C=O) groups excluding carboxylic acids is 1. The molecule has 2 aromatic rings. The average molecular weight is 350 g/mol. The van der Waals surface area contributed by atoms with Crippen molar-refractivity contribution < 1.29 is 14.3 Å². The number of aliphatic hydroxyl groups excluding tert-OH is 1. The van der Waals surface area contributed by atoms with Crippen molar-refractivity contribution in [2.75, 3.05) is 11.4 Å². The molecule has 5 heteroatoms. The lowest BCUT2D eigenvalue weighted by atomic mass is 9.98. The van der Waals surface area contributed by atoms with E-state index in [1.807, 2.05) is 0 Å². The first-order valence-corrected chi connectivity index (χ1v) is 7.40. The number of nitrogens with zero attached hydrogens (tertiary/aromatic N) is 1. The smallest absolute Gasteiger partial charge is 0.258 e. The second-order valence-electron chi connectivity index (χ2n) is 4.97. The second-order valence-corrected chi connectivity index (χ2v) is 5.89. The van der Waals surface area contributed by atoms with Crippen molar-refractivity contribution in [3.63, 3.8) is 0 Å². The van der Waals surface area contributed by atoms with Crippen LogP contribution in [0.25, 0.3) is 0 Å². The number of benzene rings is 2. The maximum Gasteiger partial charge on any atom is 0.258 e. The lowest BCUT2D eigenvalue weighted by molar-refractivity contribution is 0.0970. The van der Waals surface area contributed by atoms with Gasteiger partial charge in [-0.2, -0.15) is 0 Å². The molecule has 0 fully saturated rings. The summed E-state index contributed by atoms with van der Waals surface area (Å²) in [5.74, 6) is -0.562. The van der Waals surface area contributed by atoms with E-state index in [0.29, 0.717) is 29.8 Å². The van der Waals surface area contributed by atoms with Gasteiger partial charge in [0.1, 0.15) is 5.82 Å². The van der Waals surface area contributed by atoms with Crippen molar-refractivity contribution in [1.29, 1.82) is 0 Å². The molecule has 0 bridgehead atoms. The van der Waals surface area contributed by atoms with Gasteiger partial charge in [0.25, 0.3) is 5.91 Å². The molecule has 0 aliphatic carbocycles. The number of rotatable bonds is 1. The maximum absolute atomic E-state index is 13.3. The third-order valence-corrected chi connectivity index (χ3v) is 4.13. The Hall–Kier alpha value is -1.72. The van der Waals surface area contributed by atoms with Gasteiger partial charge in [-0.1, -0.05) is 15.9 Å². The van der Waals surface area contributed by atoms with Crippen LogP contribution in [0.3, 0.4) is 0 Å². The summed E-state index contributed by atoms with van der Waals surface area (Å²) in [6, 6.07) is 11.2. The van der Waals surface area contributed by atoms with E-state index in [0.717, 1.165) is 4.47 Å². The summed E-state index contributed by atoms with van der Waals surface area (Å²) in [6.07, 6.45) is -0.330. The molecule has 0 spiro atoms. The molecule has 0 radical (unpaired) electrons. The van der Waals surface area contributed by atoms with Crippen molar-refractivity contribution in [1.82, 2.24) is 0 Å². The van der Waals surface area contributed by atoms with E-state index in [1.165, 1.54) is 12.1 Å². The van der Waals surface area contributed by atoms with Gasteiger partial charge < -0.3 is 10.0 Å². The minimum atomic E-state index is -0.732. The molecule has 0 saturated heterocycles. The first-order valence-electron chi connectivity index (χ1n) is 6.61. The Balaban J connectivity index is 1.99. The minimum absolute atomic E-state index is 0.151. The number of hydrogen-bond acceptors (Lipinski definition) is 2. The molecular weight excluding hydrogens is 337 g/mol. The molecule has 1 aliphatic heterocycles. The molecule has 108 valence electrons. The highest BCUT2D eigenvalue weighted by molar-refractivity contribution is 9.10. The van der Waals surface area contributed by atoms with Crippen LogP contribution in [0, 0.1) is 5.82 Å². The van der Waals surface area contributed by atoms with E-state index in [2.05, 4.69) is 15.9 Å². The van der Waals surface area contributed by atoms with Crippen LogP contribution in [0.4, 0.5) is 10.1 Å². The predicted octanol–water partition coefficient (Wildman–Crippen LogP) is 3.67. The fraction of sp³-hybridized carbons (Fsp3) is 0.188. The van der Waals surface area contributed by atoms with E-state index in [9.17, 15) is 14.3 Å². The lowest BCUT2D eigenvalue weighted by Crippen LogP contribution is -2.36. The molecule has 1 aliphatic rings.